The molecule has 0 N–H and O–H groups in total. The Bertz CT molecular complexity index is 895. The fourth-order valence-corrected chi connectivity index (χ4v) is 3.26. The number of nitrogens with zero attached hydrogens (tertiary/aromatic N) is 1. The Morgan fingerprint density at radius 2 is 1.60 bits per heavy atom. The monoisotopic (exact) mass is 343 g/mol. The summed E-state index contributed by atoms with van der Waals surface area (Å²) in [7, 11) is 0. The fourth-order valence-electron chi connectivity index (χ4n) is 2.50. The number of thioether (sulfide) groups is 1. The van der Waals surface area contributed by atoms with Gasteiger partial charge in [-0.05, 0) is 55.2 Å². The van der Waals surface area contributed by atoms with Gasteiger partial charge in [-0.25, -0.2) is 4.99 Å². The molecule has 0 saturated carbocycles. The van der Waals surface area contributed by atoms with Crippen LogP contribution in [-0.2, 0) is 0 Å². The van der Waals surface area contributed by atoms with E-state index in [2.05, 4.69) is 73.9 Å². The topological polar surface area (TPSA) is 12.4 Å². The van der Waals surface area contributed by atoms with Gasteiger partial charge < -0.3 is 0 Å². The highest BCUT2D eigenvalue weighted by atomic mass is 32.2. The Morgan fingerprint density at radius 3 is 2.36 bits per heavy atom. The van der Waals surface area contributed by atoms with Crippen LogP contribution >= 0.6 is 11.8 Å². The molecule has 0 aliphatic carbocycles. The summed E-state index contributed by atoms with van der Waals surface area (Å²) >= 11 is 1.72. The van der Waals surface area contributed by atoms with E-state index in [1.54, 1.807) is 11.8 Å². The van der Waals surface area contributed by atoms with Gasteiger partial charge >= 0.3 is 0 Å². The molecular weight excluding hydrogens is 322 g/mol. The molecular formula is C23H21NS. The molecule has 0 unspecified atom stereocenters. The summed E-state index contributed by atoms with van der Waals surface area (Å²) in [5, 5.41) is 2.12. The van der Waals surface area contributed by atoms with Crippen LogP contribution in [0.1, 0.15) is 16.7 Å². The smallest absolute Gasteiger partial charge is 0.0714 e. The lowest BCUT2D eigenvalue weighted by atomic mass is 10.1. The second-order valence-electron chi connectivity index (χ2n) is 5.89. The lowest BCUT2D eigenvalue weighted by Crippen LogP contribution is -1.96. The van der Waals surface area contributed by atoms with Crippen molar-refractivity contribution >= 4 is 23.2 Å². The lowest BCUT2D eigenvalue weighted by molar-refractivity contribution is 1.31. The molecule has 0 aromatic heterocycles. The predicted molar refractivity (Wildman–Crippen MR) is 110 cm³/mol. The van der Waals surface area contributed by atoms with Crippen LogP contribution in [0.25, 0.3) is 0 Å². The molecule has 0 aliphatic rings. The van der Waals surface area contributed by atoms with Gasteiger partial charge in [0, 0.05) is 10.5 Å². The number of allylic oxidation sites excluding steroid dienone is 1. The molecule has 3 aromatic rings. The van der Waals surface area contributed by atoms with Crippen molar-refractivity contribution in [1.82, 2.24) is 0 Å². The SMILES string of the molecule is Cc1cccc(C(C=CSc2ccccc2C)=Nc2ccccc2)c1. The van der Waals surface area contributed by atoms with Gasteiger partial charge in [0.05, 0.1) is 11.4 Å². The van der Waals surface area contributed by atoms with Crippen LogP contribution in [0.4, 0.5) is 5.69 Å². The van der Waals surface area contributed by atoms with Crippen molar-refractivity contribution < 1.29 is 0 Å². The Hall–Kier alpha value is -2.58. The van der Waals surface area contributed by atoms with E-state index in [0.29, 0.717) is 0 Å². The van der Waals surface area contributed by atoms with Crippen molar-refractivity contribution in [2.45, 2.75) is 18.7 Å². The summed E-state index contributed by atoms with van der Waals surface area (Å²) in [4.78, 5) is 6.11. The van der Waals surface area contributed by atoms with E-state index in [9.17, 15) is 0 Å². The maximum Gasteiger partial charge on any atom is 0.0714 e. The van der Waals surface area contributed by atoms with E-state index < -0.39 is 0 Å². The molecule has 25 heavy (non-hydrogen) atoms. The van der Waals surface area contributed by atoms with Crippen molar-refractivity contribution in [2.75, 3.05) is 0 Å². The van der Waals surface area contributed by atoms with Crippen LogP contribution in [0.2, 0.25) is 0 Å². The van der Waals surface area contributed by atoms with Crippen LogP contribution < -0.4 is 0 Å². The van der Waals surface area contributed by atoms with E-state index in [-0.39, 0.29) is 0 Å². The van der Waals surface area contributed by atoms with Crippen molar-refractivity contribution in [3.05, 3.63) is 107 Å². The first-order chi connectivity index (χ1) is 12.2. The molecule has 0 atom stereocenters. The minimum absolute atomic E-state index is 0.963. The molecule has 0 heterocycles. The molecule has 3 aromatic carbocycles. The number of benzene rings is 3. The van der Waals surface area contributed by atoms with Crippen LogP contribution in [0.15, 0.2) is 100 Å². The van der Waals surface area contributed by atoms with Gasteiger partial charge in [-0.15, -0.1) is 0 Å². The summed E-state index contributed by atoms with van der Waals surface area (Å²) < 4.78 is 0. The average Bonchev–Trinajstić information content (AvgIpc) is 2.63. The third kappa shape index (κ3) is 4.94. The van der Waals surface area contributed by atoms with Crippen molar-refractivity contribution in [1.29, 1.82) is 0 Å². The standard InChI is InChI=1S/C23H21NS/c1-18-9-8-11-20(17-18)22(24-21-12-4-3-5-13-21)15-16-25-23-14-7-6-10-19(23)2/h3-17H,1-2H3. The number of para-hydroxylation sites is 1. The molecule has 1 nitrogen and oxygen atoms in total. The van der Waals surface area contributed by atoms with Crippen molar-refractivity contribution in [3.63, 3.8) is 0 Å². The first-order valence-electron chi connectivity index (χ1n) is 8.32. The molecule has 0 radical (unpaired) electrons. The Morgan fingerprint density at radius 1 is 0.840 bits per heavy atom. The third-order valence-electron chi connectivity index (χ3n) is 3.83. The number of aliphatic imine (C=N–C) groups is 1. The molecule has 0 bridgehead atoms. The Labute approximate surface area is 154 Å². The highest BCUT2D eigenvalue weighted by Gasteiger charge is 2.02. The van der Waals surface area contributed by atoms with Gasteiger partial charge in [0.15, 0.2) is 0 Å². The zero-order chi connectivity index (χ0) is 17.5. The summed E-state index contributed by atoms with van der Waals surface area (Å²) in [6, 6.07) is 27.0. The number of rotatable bonds is 5. The van der Waals surface area contributed by atoms with Crippen LogP contribution in [-0.4, -0.2) is 5.71 Å². The van der Waals surface area contributed by atoms with E-state index in [0.717, 1.165) is 17.0 Å². The van der Waals surface area contributed by atoms with E-state index >= 15 is 0 Å². The summed E-state index contributed by atoms with van der Waals surface area (Å²) in [6.07, 6.45) is 2.10. The molecule has 0 saturated heterocycles. The van der Waals surface area contributed by atoms with E-state index in [4.69, 9.17) is 4.99 Å². The molecule has 3 rings (SSSR count). The van der Waals surface area contributed by atoms with E-state index in [1.807, 2.05) is 30.3 Å². The molecule has 0 fully saturated rings. The van der Waals surface area contributed by atoms with Gasteiger partial charge in [0.1, 0.15) is 0 Å². The maximum absolute atomic E-state index is 4.84. The number of aryl methyl sites for hydroxylation is 2. The van der Waals surface area contributed by atoms with Crippen LogP contribution in [0, 0.1) is 13.8 Å². The molecule has 0 aliphatic heterocycles. The highest BCUT2D eigenvalue weighted by molar-refractivity contribution is 8.02. The maximum atomic E-state index is 4.84. The Balaban J connectivity index is 1.90. The largest absolute Gasteiger partial charge is 0.248 e. The molecule has 124 valence electrons. The zero-order valence-electron chi connectivity index (χ0n) is 14.5. The lowest BCUT2D eigenvalue weighted by Gasteiger charge is -2.05. The summed E-state index contributed by atoms with van der Waals surface area (Å²) in [6.45, 7) is 4.24. The van der Waals surface area contributed by atoms with Gasteiger partial charge in [0.2, 0.25) is 0 Å². The van der Waals surface area contributed by atoms with Crippen molar-refractivity contribution in [3.8, 4) is 0 Å². The zero-order valence-corrected chi connectivity index (χ0v) is 15.3. The van der Waals surface area contributed by atoms with Gasteiger partial charge in [-0.3, -0.25) is 0 Å². The predicted octanol–water partition coefficient (Wildman–Crippen LogP) is 6.73. The van der Waals surface area contributed by atoms with Crippen molar-refractivity contribution in [2.24, 2.45) is 4.99 Å². The Kier molecular flexibility index (Phi) is 5.86. The average molecular weight is 343 g/mol. The first-order valence-corrected chi connectivity index (χ1v) is 9.20. The molecule has 0 spiro atoms. The van der Waals surface area contributed by atoms with Crippen LogP contribution in [0.3, 0.4) is 0 Å². The first kappa shape index (κ1) is 17.2. The second-order valence-corrected chi connectivity index (χ2v) is 6.84. The van der Waals surface area contributed by atoms with Crippen LogP contribution in [0.5, 0.6) is 0 Å². The van der Waals surface area contributed by atoms with Gasteiger partial charge in [-0.1, -0.05) is 71.9 Å². The van der Waals surface area contributed by atoms with Gasteiger partial charge in [-0.2, -0.15) is 0 Å². The quantitative estimate of drug-likeness (QED) is 0.369. The van der Waals surface area contributed by atoms with E-state index in [1.165, 1.54) is 16.0 Å². The van der Waals surface area contributed by atoms with Gasteiger partial charge in [0.25, 0.3) is 0 Å². The molecule has 0 amide bonds. The minimum atomic E-state index is 0.963. The molecule has 2 heteroatoms. The highest BCUT2D eigenvalue weighted by Crippen LogP contribution is 2.23. The number of hydrogen-bond donors (Lipinski definition) is 0. The summed E-state index contributed by atoms with van der Waals surface area (Å²) in [5.74, 6) is 0. The normalized spacial score (nSPS) is 11.8. The second kappa shape index (κ2) is 8.50. The summed E-state index contributed by atoms with van der Waals surface area (Å²) in [5.41, 5.74) is 5.58. The number of hydrogen-bond acceptors (Lipinski definition) is 2. The third-order valence-corrected chi connectivity index (χ3v) is 4.82. The minimum Gasteiger partial charge on any atom is -0.248 e. The fraction of sp³-hybridized carbons (Fsp3) is 0.0870.